The van der Waals surface area contributed by atoms with Gasteiger partial charge in [-0.25, -0.2) is 14.3 Å². The van der Waals surface area contributed by atoms with Crippen molar-refractivity contribution in [3.05, 3.63) is 67.3 Å². The molecule has 0 aliphatic carbocycles. The summed E-state index contributed by atoms with van der Waals surface area (Å²) in [6.07, 6.45) is 6.27. The fraction of sp³-hybridized carbons (Fsp3) is 0.250. The molecule has 4 rings (SSSR count). The fourth-order valence-corrected chi connectivity index (χ4v) is 3.30. The van der Waals surface area contributed by atoms with Crippen molar-refractivity contribution < 1.29 is 9.53 Å². The zero-order chi connectivity index (χ0) is 23.3. The van der Waals surface area contributed by atoms with Gasteiger partial charge in [-0.3, -0.25) is 4.98 Å². The van der Waals surface area contributed by atoms with Gasteiger partial charge in [-0.15, -0.1) is 6.58 Å². The van der Waals surface area contributed by atoms with Crippen molar-refractivity contribution in [2.24, 2.45) is 5.73 Å². The minimum absolute atomic E-state index is 0.453. The second-order valence-corrected chi connectivity index (χ2v) is 8.23. The maximum Gasteiger partial charge on any atom is 0.405 e. The molecule has 3 heterocycles. The van der Waals surface area contributed by atoms with E-state index in [1.54, 1.807) is 20.8 Å². The average Bonchev–Trinajstić information content (AvgIpc) is 3.10. The van der Waals surface area contributed by atoms with Crippen LogP contribution in [-0.2, 0) is 11.2 Å². The van der Waals surface area contributed by atoms with E-state index in [1.807, 2.05) is 35.0 Å². The number of nitrogen functional groups attached to an aromatic ring is 1. The number of allylic oxidation sites excluding steroid dienone is 1. The Morgan fingerprint density at radius 1 is 1.22 bits per heavy atom. The summed E-state index contributed by atoms with van der Waals surface area (Å²) in [5.41, 5.74) is 15.3. The fourth-order valence-electron chi connectivity index (χ4n) is 3.30. The van der Waals surface area contributed by atoms with Crippen LogP contribution >= 0.6 is 0 Å². The summed E-state index contributed by atoms with van der Waals surface area (Å²) >= 11 is 0. The zero-order valence-corrected chi connectivity index (χ0v) is 18.6. The van der Waals surface area contributed by atoms with Crippen LogP contribution in [-0.4, -0.2) is 31.3 Å². The number of aryl methyl sites for hydroxylation is 1. The van der Waals surface area contributed by atoms with Crippen LogP contribution in [0.15, 0.2) is 61.6 Å². The Hall–Kier alpha value is -3.94. The van der Waals surface area contributed by atoms with Gasteiger partial charge in [0.2, 0.25) is 0 Å². The second-order valence-electron chi connectivity index (χ2n) is 8.23. The molecule has 8 heteroatoms. The standard InChI is InChI=1S/C19H17N5.C5H11NO2/c1-2-3-7-15-10-16(18-19(20)22-12-23-24(15)18)14-9-13-6-4-5-8-17(13)21-11-14;1-5(2,3)8-4(6)7/h2,4-6,8-12H,1,3,7H2,(H2,20,22,23);1-3H3,(H2,6,7). The van der Waals surface area contributed by atoms with Gasteiger partial charge in [0.1, 0.15) is 17.4 Å². The topological polar surface area (TPSA) is 121 Å². The van der Waals surface area contributed by atoms with E-state index >= 15 is 0 Å². The Morgan fingerprint density at radius 2 is 1.97 bits per heavy atom. The van der Waals surface area contributed by atoms with Crippen LogP contribution in [0.4, 0.5) is 10.6 Å². The van der Waals surface area contributed by atoms with Crippen molar-refractivity contribution in [3.63, 3.8) is 0 Å². The molecule has 0 bridgehead atoms. The Balaban J connectivity index is 0.000000312. The van der Waals surface area contributed by atoms with E-state index in [0.29, 0.717) is 5.82 Å². The minimum atomic E-state index is -0.725. The van der Waals surface area contributed by atoms with E-state index in [-0.39, 0.29) is 0 Å². The quantitative estimate of drug-likeness (QED) is 0.457. The number of primary amides is 1. The third-order valence-electron chi connectivity index (χ3n) is 4.57. The van der Waals surface area contributed by atoms with E-state index in [4.69, 9.17) is 11.5 Å². The Labute approximate surface area is 186 Å². The van der Waals surface area contributed by atoms with E-state index in [2.05, 4.69) is 44.6 Å². The number of benzene rings is 1. The molecule has 0 unspecified atom stereocenters. The number of rotatable bonds is 4. The first-order valence-corrected chi connectivity index (χ1v) is 10.2. The molecule has 166 valence electrons. The molecule has 0 aliphatic rings. The van der Waals surface area contributed by atoms with Crippen LogP contribution in [0.5, 0.6) is 0 Å². The number of carbonyl (C=O) groups excluding carboxylic acids is 1. The van der Waals surface area contributed by atoms with Gasteiger partial charge in [0.05, 0.1) is 5.52 Å². The number of aromatic nitrogens is 4. The molecule has 8 nitrogen and oxygen atoms in total. The van der Waals surface area contributed by atoms with Gasteiger partial charge in [0.15, 0.2) is 5.82 Å². The van der Waals surface area contributed by atoms with Crippen LogP contribution in [0.25, 0.3) is 27.5 Å². The molecule has 0 atom stereocenters. The van der Waals surface area contributed by atoms with Gasteiger partial charge in [0.25, 0.3) is 0 Å². The number of para-hydroxylation sites is 1. The molecular weight excluding hydrogens is 404 g/mol. The van der Waals surface area contributed by atoms with Crippen molar-refractivity contribution in [2.45, 2.75) is 39.2 Å². The molecule has 0 aliphatic heterocycles. The average molecular weight is 433 g/mol. The summed E-state index contributed by atoms with van der Waals surface area (Å²) in [6, 6.07) is 12.3. The van der Waals surface area contributed by atoms with Crippen LogP contribution < -0.4 is 11.5 Å². The lowest BCUT2D eigenvalue weighted by Gasteiger charge is -2.16. The molecular formula is C24H28N6O2. The van der Waals surface area contributed by atoms with Crippen molar-refractivity contribution in [3.8, 4) is 11.1 Å². The summed E-state index contributed by atoms with van der Waals surface area (Å²) in [5, 5.41) is 5.47. The summed E-state index contributed by atoms with van der Waals surface area (Å²) in [4.78, 5) is 18.7. The molecule has 3 aromatic heterocycles. The molecule has 0 fully saturated rings. The lowest BCUT2D eigenvalue weighted by Crippen LogP contribution is -2.27. The van der Waals surface area contributed by atoms with Crippen molar-refractivity contribution in [1.82, 2.24) is 19.6 Å². The molecule has 32 heavy (non-hydrogen) atoms. The number of amides is 1. The number of ether oxygens (including phenoxy) is 1. The first-order chi connectivity index (χ1) is 15.2. The molecule has 1 aromatic carbocycles. The van der Waals surface area contributed by atoms with Crippen LogP contribution in [0.1, 0.15) is 32.9 Å². The second kappa shape index (κ2) is 9.47. The number of nitrogens with zero attached hydrogens (tertiary/aromatic N) is 4. The van der Waals surface area contributed by atoms with Crippen molar-refractivity contribution in [1.29, 1.82) is 0 Å². The number of nitrogens with two attached hydrogens (primary N) is 2. The normalized spacial score (nSPS) is 11.1. The maximum absolute atomic E-state index is 10.0. The SMILES string of the molecule is C=CCCc1cc(-c2cnc3ccccc3c2)c2c(N)ncnn12.CC(C)(C)OC(N)=O. The first-order valence-electron chi connectivity index (χ1n) is 10.2. The summed E-state index contributed by atoms with van der Waals surface area (Å²) in [6.45, 7) is 9.08. The summed E-state index contributed by atoms with van der Waals surface area (Å²) in [7, 11) is 0. The number of anilines is 1. The van der Waals surface area contributed by atoms with E-state index < -0.39 is 11.7 Å². The highest BCUT2D eigenvalue weighted by Gasteiger charge is 2.15. The lowest BCUT2D eigenvalue weighted by atomic mass is 10.1. The lowest BCUT2D eigenvalue weighted by molar-refractivity contribution is 0.0600. The Bertz CT molecular complexity index is 1260. The number of pyridine rings is 1. The van der Waals surface area contributed by atoms with Crippen LogP contribution in [0, 0.1) is 0 Å². The molecule has 0 spiro atoms. The van der Waals surface area contributed by atoms with Gasteiger partial charge in [-0.05, 0) is 51.8 Å². The number of hydrogen-bond acceptors (Lipinski definition) is 6. The van der Waals surface area contributed by atoms with Gasteiger partial charge in [0, 0.05) is 28.4 Å². The first kappa shape index (κ1) is 22.7. The van der Waals surface area contributed by atoms with Crippen LogP contribution in [0.3, 0.4) is 0 Å². The Kier molecular flexibility index (Phi) is 6.73. The number of carbonyl (C=O) groups is 1. The summed E-state index contributed by atoms with van der Waals surface area (Å²) < 4.78 is 6.45. The predicted octanol–water partition coefficient (Wildman–Crippen LogP) is 4.53. The minimum Gasteiger partial charge on any atom is -0.444 e. The molecule has 0 saturated carbocycles. The Morgan fingerprint density at radius 3 is 2.62 bits per heavy atom. The molecule has 0 radical (unpaired) electrons. The van der Waals surface area contributed by atoms with Gasteiger partial charge in [-0.2, -0.15) is 5.10 Å². The predicted molar refractivity (Wildman–Crippen MR) is 127 cm³/mol. The molecule has 4 aromatic rings. The van der Waals surface area contributed by atoms with E-state index in [0.717, 1.165) is 46.1 Å². The van der Waals surface area contributed by atoms with Crippen molar-refractivity contribution >= 4 is 28.3 Å². The smallest absolute Gasteiger partial charge is 0.405 e. The van der Waals surface area contributed by atoms with Crippen LogP contribution in [0.2, 0.25) is 0 Å². The third-order valence-corrected chi connectivity index (χ3v) is 4.57. The largest absolute Gasteiger partial charge is 0.444 e. The highest BCUT2D eigenvalue weighted by atomic mass is 16.6. The molecule has 1 amide bonds. The highest BCUT2D eigenvalue weighted by molar-refractivity contribution is 5.92. The maximum atomic E-state index is 10.0. The monoisotopic (exact) mass is 432 g/mol. The number of fused-ring (bicyclic) bond motifs is 2. The number of hydrogen-bond donors (Lipinski definition) is 2. The van der Waals surface area contributed by atoms with Gasteiger partial charge < -0.3 is 16.2 Å². The summed E-state index contributed by atoms with van der Waals surface area (Å²) in [5.74, 6) is 0.470. The third kappa shape index (κ3) is 5.40. The van der Waals surface area contributed by atoms with Gasteiger partial charge in [-0.1, -0.05) is 24.3 Å². The van der Waals surface area contributed by atoms with E-state index in [1.165, 1.54) is 6.33 Å². The highest BCUT2D eigenvalue weighted by Crippen LogP contribution is 2.31. The zero-order valence-electron chi connectivity index (χ0n) is 18.6. The molecule has 0 saturated heterocycles. The van der Waals surface area contributed by atoms with Crippen molar-refractivity contribution in [2.75, 3.05) is 5.73 Å². The van der Waals surface area contributed by atoms with E-state index in [9.17, 15) is 4.79 Å². The molecule has 4 N–H and O–H groups in total. The van der Waals surface area contributed by atoms with Gasteiger partial charge >= 0.3 is 6.09 Å².